The SMILES string of the molecule is CCOc1ccc(C(=O)N2CCN(c3ccc(F)cc3)CC2)cc1. The number of hydrogen-bond donors (Lipinski definition) is 0. The topological polar surface area (TPSA) is 32.8 Å². The highest BCUT2D eigenvalue weighted by Crippen LogP contribution is 2.19. The summed E-state index contributed by atoms with van der Waals surface area (Å²) < 4.78 is 18.4. The standard InChI is InChI=1S/C19H21FN2O2/c1-2-24-18-9-3-15(4-10-18)19(23)22-13-11-21(12-14-22)17-7-5-16(20)6-8-17/h3-10H,2,11-14H2,1H3. The van der Waals surface area contributed by atoms with Gasteiger partial charge >= 0.3 is 0 Å². The molecule has 1 amide bonds. The van der Waals surface area contributed by atoms with Crippen molar-refractivity contribution < 1.29 is 13.9 Å². The Hall–Kier alpha value is -2.56. The van der Waals surface area contributed by atoms with Crippen LogP contribution in [0.15, 0.2) is 48.5 Å². The van der Waals surface area contributed by atoms with Crippen molar-refractivity contribution >= 4 is 11.6 Å². The highest BCUT2D eigenvalue weighted by molar-refractivity contribution is 5.94. The van der Waals surface area contributed by atoms with Crippen molar-refractivity contribution in [3.05, 3.63) is 59.9 Å². The number of carbonyl (C=O) groups excluding carboxylic acids is 1. The third-order valence-electron chi connectivity index (χ3n) is 4.17. The first kappa shape index (κ1) is 16.3. The van der Waals surface area contributed by atoms with Crippen molar-refractivity contribution in [2.24, 2.45) is 0 Å². The maximum absolute atomic E-state index is 13.0. The molecule has 0 aromatic heterocycles. The molecule has 1 aliphatic heterocycles. The number of carbonyl (C=O) groups is 1. The molecule has 0 aliphatic carbocycles. The predicted octanol–water partition coefficient (Wildman–Crippen LogP) is 3.19. The highest BCUT2D eigenvalue weighted by Gasteiger charge is 2.22. The zero-order valence-electron chi connectivity index (χ0n) is 13.7. The van der Waals surface area contributed by atoms with Gasteiger partial charge in [0.15, 0.2) is 0 Å². The van der Waals surface area contributed by atoms with Crippen LogP contribution in [0.2, 0.25) is 0 Å². The minimum atomic E-state index is -0.233. The smallest absolute Gasteiger partial charge is 0.253 e. The van der Waals surface area contributed by atoms with E-state index in [1.807, 2.05) is 24.0 Å². The van der Waals surface area contributed by atoms with Crippen LogP contribution in [0.5, 0.6) is 5.75 Å². The summed E-state index contributed by atoms with van der Waals surface area (Å²) in [5.41, 5.74) is 1.67. The molecule has 2 aromatic rings. The zero-order valence-corrected chi connectivity index (χ0v) is 13.7. The van der Waals surface area contributed by atoms with Gasteiger partial charge in [0.25, 0.3) is 5.91 Å². The number of halogens is 1. The van der Waals surface area contributed by atoms with Crippen molar-refractivity contribution in [1.29, 1.82) is 0 Å². The van der Waals surface area contributed by atoms with E-state index in [2.05, 4.69) is 4.90 Å². The third-order valence-corrected chi connectivity index (χ3v) is 4.17. The molecule has 0 radical (unpaired) electrons. The van der Waals surface area contributed by atoms with E-state index in [0.29, 0.717) is 25.3 Å². The van der Waals surface area contributed by atoms with Crippen molar-refractivity contribution in [2.75, 3.05) is 37.7 Å². The van der Waals surface area contributed by atoms with E-state index in [0.717, 1.165) is 24.5 Å². The molecule has 0 saturated carbocycles. The molecule has 5 heteroatoms. The van der Waals surface area contributed by atoms with Crippen LogP contribution in [0, 0.1) is 5.82 Å². The Morgan fingerprint density at radius 2 is 1.62 bits per heavy atom. The number of amides is 1. The van der Waals surface area contributed by atoms with E-state index < -0.39 is 0 Å². The monoisotopic (exact) mass is 328 g/mol. The average molecular weight is 328 g/mol. The molecule has 3 rings (SSSR count). The Bertz CT molecular complexity index is 678. The second kappa shape index (κ2) is 7.34. The minimum absolute atomic E-state index is 0.0387. The predicted molar refractivity (Wildman–Crippen MR) is 92.1 cm³/mol. The van der Waals surface area contributed by atoms with E-state index in [-0.39, 0.29) is 11.7 Å². The second-order valence-corrected chi connectivity index (χ2v) is 5.71. The zero-order chi connectivity index (χ0) is 16.9. The fraction of sp³-hybridized carbons (Fsp3) is 0.316. The Labute approximate surface area is 141 Å². The van der Waals surface area contributed by atoms with Gasteiger partial charge < -0.3 is 14.5 Å². The van der Waals surface area contributed by atoms with Gasteiger partial charge in [-0.1, -0.05) is 0 Å². The number of rotatable bonds is 4. The average Bonchev–Trinajstić information content (AvgIpc) is 2.63. The van der Waals surface area contributed by atoms with Gasteiger partial charge in [0.1, 0.15) is 11.6 Å². The molecule has 1 saturated heterocycles. The van der Waals surface area contributed by atoms with E-state index in [1.165, 1.54) is 12.1 Å². The highest BCUT2D eigenvalue weighted by atomic mass is 19.1. The number of anilines is 1. The largest absolute Gasteiger partial charge is 0.494 e. The van der Waals surface area contributed by atoms with Crippen LogP contribution in [0.1, 0.15) is 17.3 Å². The normalized spacial score (nSPS) is 14.6. The van der Waals surface area contributed by atoms with Crippen LogP contribution in [0.25, 0.3) is 0 Å². The molecule has 0 atom stereocenters. The Kier molecular flexibility index (Phi) is 4.99. The number of hydrogen-bond acceptors (Lipinski definition) is 3. The Balaban J connectivity index is 1.59. The number of ether oxygens (including phenoxy) is 1. The van der Waals surface area contributed by atoms with Crippen molar-refractivity contribution in [3.63, 3.8) is 0 Å². The van der Waals surface area contributed by atoms with Crippen LogP contribution < -0.4 is 9.64 Å². The molecule has 126 valence electrons. The van der Waals surface area contributed by atoms with Crippen LogP contribution >= 0.6 is 0 Å². The molecule has 1 heterocycles. The lowest BCUT2D eigenvalue weighted by atomic mass is 10.1. The van der Waals surface area contributed by atoms with Gasteiger partial charge in [-0.3, -0.25) is 4.79 Å². The van der Waals surface area contributed by atoms with Gasteiger partial charge in [0.2, 0.25) is 0 Å². The molecular weight excluding hydrogens is 307 g/mol. The van der Waals surface area contributed by atoms with E-state index >= 15 is 0 Å². The minimum Gasteiger partial charge on any atom is -0.494 e. The first-order valence-electron chi connectivity index (χ1n) is 8.20. The van der Waals surface area contributed by atoms with Crippen LogP contribution in [0.3, 0.4) is 0 Å². The molecule has 0 bridgehead atoms. The maximum atomic E-state index is 13.0. The van der Waals surface area contributed by atoms with Gasteiger partial charge in [-0.15, -0.1) is 0 Å². The third kappa shape index (κ3) is 3.67. The first-order valence-corrected chi connectivity index (χ1v) is 8.20. The summed E-state index contributed by atoms with van der Waals surface area (Å²) in [5.74, 6) is 0.579. The molecule has 1 fully saturated rings. The van der Waals surface area contributed by atoms with Gasteiger partial charge in [-0.05, 0) is 55.5 Å². The summed E-state index contributed by atoms with van der Waals surface area (Å²) in [6.45, 7) is 5.34. The van der Waals surface area contributed by atoms with Crippen LogP contribution in [-0.2, 0) is 0 Å². The van der Waals surface area contributed by atoms with Gasteiger partial charge in [-0.25, -0.2) is 4.39 Å². The quantitative estimate of drug-likeness (QED) is 0.864. The van der Waals surface area contributed by atoms with Gasteiger partial charge in [0, 0.05) is 37.4 Å². The molecule has 4 nitrogen and oxygen atoms in total. The number of piperazine rings is 1. The molecule has 1 aliphatic rings. The van der Waals surface area contributed by atoms with E-state index in [4.69, 9.17) is 4.74 Å². The summed E-state index contributed by atoms with van der Waals surface area (Å²) in [6, 6.07) is 13.7. The second-order valence-electron chi connectivity index (χ2n) is 5.71. The maximum Gasteiger partial charge on any atom is 0.253 e. The summed E-state index contributed by atoms with van der Waals surface area (Å²) in [7, 11) is 0. The van der Waals surface area contributed by atoms with Crippen molar-refractivity contribution in [2.45, 2.75) is 6.92 Å². The van der Waals surface area contributed by atoms with E-state index in [1.54, 1.807) is 24.3 Å². The summed E-state index contributed by atoms with van der Waals surface area (Å²) in [4.78, 5) is 16.6. The number of nitrogens with zero attached hydrogens (tertiary/aromatic N) is 2. The number of benzene rings is 2. The molecule has 0 unspecified atom stereocenters. The Morgan fingerprint density at radius 1 is 1.00 bits per heavy atom. The van der Waals surface area contributed by atoms with Crippen molar-refractivity contribution in [3.8, 4) is 5.75 Å². The first-order chi connectivity index (χ1) is 11.7. The van der Waals surface area contributed by atoms with E-state index in [9.17, 15) is 9.18 Å². The lowest BCUT2D eigenvalue weighted by Gasteiger charge is -2.36. The molecule has 0 spiro atoms. The summed E-state index contributed by atoms with van der Waals surface area (Å²) >= 11 is 0. The summed E-state index contributed by atoms with van der Waals surface area (Å²) in [5, 5.41) is 0. The van der Waals surface area contributed by atoms with Gasteiger partial charge in [0.05, 0.1) is 6.61 Å². The Morgan fingerprint density at radius 3 is 2.21 bits per heavy atom. The van der Waals surface area contributed by atoms with Crippen LogP contribution in [0.4, 0.5) is 10.1 Å². The molecule has 2 aromatic carbocycles. The fourth-order valence-corrected chi connectivity index (χ4v) is 2.86. The van der Waals surface area contributed by atoms with Gasteiger partial charge in [-0.2, -0.15) is 0 Å². The molecular formula is C19H21FN2O2. The molecule has 0 N–H and O–H groups in total. The summed E-state index contributed by atoms with van der Waals surface area (Å²) in [6.07, 6.45) is 0. The fourth-order valence-electron chi connectivity index (χ4n) is 2.86. The van der Waals surface area contributed by atoms with Crippen LogP contribution in [-0.4, -0.2) is 43.6 Å². The van der Waals surface area contributed by atoms with Crippen molar-refractivity contribution in [1.82, 2.24) is 4.90 Å². The lowest BCUT2D eigenvalue weighted by molar-refractivity contribution is 0.0747. The molecule has 24 heavy (non-hydrogen) atoms. The lowest BCUT2D eigenvalue weighted by Crippen LogP contribution is -2.48.